The van der Waals surface area contributed by atoms with Crippen LogP contribution in [0.25, 0.3) is 0 Å². The van der Waals surface area contributed by atoms with Crippen molar-refractivity contribution in [3.63, 3.8) is 0 Å². The van der Waals surface area contributed by atoms with Crippen molar-refractivity contribution in [2.45, 2.75) is 40.7 Å². The number of benzene rings is 1. The van der Waals surface area contributed by atoms with Crippen molar-refractivity contribution >= 4 is 29.9 Å². The van der Waals surface area contributed by atoms with Crippen molar-refractivity contribution in [2.24, 2.45) is 12.0 Å². The number of guanidine groups is 1. The molecule has 2 rings (SSSR count). The predicted molar refractivity (Wildman–Crippen MR) is 122 cm³/mol. The van der Waals surface area contributed by atoms with Crippen LogP contribution in [0.3, 0.4) is 0 Å². The van der Waals surface area contributed by atoms with E-state index in [1.54, 1.807) is 7.11 Å². The molecule has 1 aromatic heterocycles. The van der Waals surface area contributed by atoms with Crippen molar-refractivity contribution < 1.29 is 4.74 Å². The van der Waals surface area contributed by atoms with E-state index in [0.717, 1.165) is 48.2 Å². The summed E-state index contributed by atoms with van der Waals surface area (Å²) >= 11 is 0. The van der Waals surface area contributed by atoms with E-state index >= 15 is 0 Å². The van der Waals surface area contributed by atoms with Gasteiger partial charge in [-0.3, -0.25) is 4.68 Å². The molecule has 0 fully saturated rings. The first-order chi connectivity index (χ1) is 12.5. The van der Waals surface area contributed by atoms with E-state index in [4.69, 9.17) is 9.73 Å². The van der Waals surface area contributed by atoms with Gasteiger partial charge < -0.3 is 15.4 Å². The Labute approximate surface area is 179 Å². The van der Waals surface area contributed by atoms with Crippen LogP contribution in [0, 0.1) is 20.8 Å². The lowest BCUT2D eigenvalue weighted by molar-refractivity contribution is 0.411. The highest BCUT2D eigenvalue weighted by Crippen LogP contribution is 2.19. The Morgan fingerprint density at radius 1 is 1.22 bits per heavy atom. The van der Waals surface area contributed by atoms with Gasteiger partial charge in [-0.15, -0.1) is 24.0 Å². The van der Waals surface area contributed by atoms with E-state index in [2.05, 4.69) is 54.7 Å². The van der Waals surface area contributed by atoms with Crippen LogP contribution in [-0.4, -0.2) is 35.9 Å². The molecule has 0 spiro atoms. The Bertz CT molecular complexity index is 770. The molecule has 0 saturated heterocycles. The van der Waals surface area contributed by atoms with Crippen molar-refractivity contribution in [1.82, 2.24) is 20.4 Å². The zero-order valence-corrected chi connectivity index (χ0v) is 19.5. The SMILES string of the molecule is CCNC(=NCc1c(C)nn(C)c1C)NCCc1ccc(C)c(OC)c1.I. The summed E-state index contributed by atoms with van der Waals surface area (Å²) in [6, 6.07) is 6.34. The maximum Gasteiger partial charge on any atom is 0.191 e. The molecule has 1 heterocycles. The van der Waals surface area contributed by atoms with Crippen LogP contribution in [0.4, 0.5) is 0 Å². The van der Waals surface area contributed by atoms with Crippen LogP contribution >= 0.6 is 24.0 Å². The van der Waals surface area contributed by atoms with Crippen LogP contribution in [0.2, 0.25) is 0 Å². The lowest BCUT2D eigenvalue weighted by Gasteiger charge is -2.12. The third-order valence-corrected chi connectivity index (χ3v) is 4.58. The molecular formula is C20H32IN5O. The minimum Gasteiger partial charge on any atom is -0.496 e. The number of aromatic nitrogens is 2. The standard InChI is InChI=1S/C20H31N5O.HI/c1-7-21-20(23-13-18-15(3)24-25(5)16(18)4)22-11-10-17-9-8-14(2)19(12-17)26-6;/h8-9,12H,7,10-11,13H2,1-6H3,(H2,21,22,23);1H. The average molecular weight is 485 g/mol. The monoisotopic (exact) mass is 485 g/mol. The van der Waals surface area contributed by atoms with Gasteiger partial charge in [0.2, 0.25) is 0 Å². The fraction of sp³-hybridized carbons (Fsp3) is 0.500. The molecule has 0 unspecified atom stereocenters. The summed E-state index contributed by atoms with van der Waals surface area (Å²) in [5, 5.41) is 11.2. The van der Waals surface area contributed by atoms with Gasteiger partial charge in [-0.1, -0.05) is 12.1 Å². The predicted octanol–water partition coefficient (Wildman–Crippen LogP) is 3.27. The largest absolute Gasteiger partial charge is 0.496 e. The highest BCUT2D eigenvalue weighted by atomic mass is 127. The summed E-state index contributed by atoms with van der Waals surface area (Å²) in [6.07, 6.45) is 0.909. The first-order valence-electron chi connectivity index (χ1n) is 9.11. The number of rotatable bonds is 7. The lowest BCUT2D eigenvalue weighted by Crippen LogP contribution is -2.38. The van der Waals surface area contributed by atoms with Crippen LogP contribution in [0.5, 0.6) is 5.75 Å². The maximum atomic E-state index is 5.40. The molecule has 0 saturated carbocycles. The molecule has 6 nitrogen and oxygen atoms in total. The molecule has 27 heavy (non-hydrogen) atoms. The lowest BCUT2D eigenvalue weighted by atomic mass is 10.1. The van der Waals surface area contributed by atoms with Gasteiger partial charge in [0, 0.05) is 31.4 Å². The van der Waals surface area contributed by atoms with Crippen LogP contribution < -0.4 is 15.4 Å². The molecular weight excluding hydrogens is 453 g/mol. The van der Waals surface area contributed by atoms with E-state index in [1.165, 1.54) is 11.1 Å². The minimum absolute atomic E-state index is 0. The van der Waals surface area contributed by atoms with Gasteiger partial charge in [0.25, 0.3) is 0 Å². The Morgan fingerprint density at radius 3 is 2.56 bits per heavy atom. The third-order valence-electron chi connectivity index (χ3n) is 4.58. The van der Waals surface area contributed by atoms with Crippen LogP contribution in [0.15, 0.2) is 23.2 Å². The molecule has 0 aliphatic heterocycles. The van der Waals surface area contributed by atoms with Gasteiger partial charge in [-0.25, -0.2) is 4.99 Å². The zero-order chi connectivity index (χ0) is 19.1. The van der Waals surface area contributed by atoms with E-state index in [9.17, 15) is 0 Å². The Balaban J connectivity index is 0.00000364. The summed E-state index contributed by atoms with van der Waals surface area (Å²) in [7, 11) is 3.68. The fourth-order valence-electron chi connectivity index (χ4n) is 2.89. The fourth-order valence-corrected chi connectivity index (χ4v) is 2.89. The molecule has 0 bridgehead atoms. The second-order valence-corrected chi connectivity index (χ2v) is 6.45. The third kappa shape index (κ3) is 6.41. The first-order valence-corrected chi connectivity index (χ1v) is 9.11. The second-order valence-electron chi connectivity index (χ2n) is 6.45. The number of nitrogens with one attached hydrogen (secondary N) is 2. The number of methoxy groups -OCH3 is 1. The average Bonchev–Trinajstić information content (AvgIpc) is 2.86. The van der Waals surface area contributed by atoms with Gasteiger partial charge in [-0.2, -0.15) is 5.10 Å². The summed E-state index contributed by atoms with van der Waals surface area (Å²) in [5.74, 6) is 1.76. The number of aliphatic imine (C=N–C) groups is 1. The normalized spacial score (nSPS) is 11.1. The second kappa shape index (κ2) is 11.2. The molecule has 0 amide bonds. The van der Waals surface area contributed by atoms with Gasteiger partial charge >= 0.3 is 0 Å². The first kappa shape index (κ1) is 23.3. The highest BCUT2D eigenvalue weighted by molar-refractivity contribution is 14.0. The van der Waals surface area contributed by atoms with Crippen LogP contribution in [-0.2, 0) is 20.0 Å². The minimum atomic E-state index is 0. The zero-order valence-electron chi connectivity index (χ0n) is 17.2. The number of nitrogens with zero attached hydrogens (tertiary/aromatic N) is 3. The molecule has 0 aliphatic rings. The van der Waals surface area contributed by atoms with Crippen molar-refractivity contribution in [3.8, 4) is 5.75 Å². The van der Waals surface area contributed by atoms with Crippen molar-refractivity contribution in [2.75, 3.05) is 20.2 Å². The van der Waals surface area contributed by atoms with Gasteiger partial charge in [0.15, 0.2) is 5.96 Å². The maximum absolute atomic E-state index is 5.40. The van der Waals surface area contributed by atoms with E-state index in [0.29, 0.717) is 6.54 Å². The van der Waals surface area contributed by atoms with Crippen LogP contribution in [0.1, 0.15) is 35.0 Å². The van der Waals surface area contributed by atoms with Gasteiger partial charge in [0.05, 0.1) is 19.3 Å². The molecule has 150 valence electrons. The molecule has 7 heteroatoms. The quantitative estimate of drug-likeness (QED) is 0.359. The smallest absolute Gasteiger partial charge is 0.191 e. The Morgan fingerprint density at radius 2 is 1.96 bits per heavy atom. The van der Waals surface area contributed by atoms with E-state index in [-0.39, 0.29) is 24.0 Å². The molecule has 0 aliphatic carbocycles. The summed E-state index contributed by atoms with van der Waals surface area (Å²) in [6.45, 7) is 10.5. The Hall–Kier alpha value is -1.77. The Kier molecular flexibility index (Phi) is 9.62. The molecule has 2 aromatic rings. The number of aryl methyl sites for hydroxylation is 3. The van der Waals surface area contributed by atoms with Gasteiger partial charge in [-0.05, 0) is 51.3 Å². The van der Waals surface area contributed by atoms with Crippen molar-refractivity contribution in [3.05, 3.63) is 46.3 Å². The van der Waals surface area contributed by atoms with E-state index in [1.807, 2.05) is 18.7 Å². The summed E-state index contributed by atoms with van der Waals surface area (Å²) < 4.78 is 7.31. The van der Waals surface area contributed by atoms with Gasteiger partial charge in [0.1, 0.15) is 5.75 Å². The number of ether oxygens (including phenoxy) is 1. The highest BCUT2D eigenvalue weighted by Gasteiger charge is 2.09. The molecule has 0 atom stereocenters. The van der Waals surface area contributed by atoms with Crippen molar-refractivity contribution in [1.29, 1.82) is 0 Å². The van der Waals surface area contributed by atoms with E-state index < -0.39 is 0 Å². The molecule has 2 N–H and O–H groups in total. The number of halogens is 1. The number of hydrogen-bond acceptors (Lipinski definition) is 3. The molecule has 0 radical (unpaired) electrons. The molecule has 1 aromatic carbocycles. The summed E-state index contributed by atoms with van der Waals surface area (Å²) in [4.78, 5) is 4.71. The topological polar surface area (TPSA) is 63.5 Å². The summed E-state index contributed by atoms with van der Waals surface area (Å²) in [5.41, 5.74) is 5.79. The number of hydrogen-bond donors (Lipinski definition) is 2.